The van der Waals surface area contributed by atoms with Gasteiger partial charge in [-0.2, -0.15) is 0 Å². The van der Waals surface area contributed by atoms with Gasteiger partial charge < -0.3 is 15.4 Å². The van der Waals surface area contributed by atoms with E-state index in [-0.39, 0.29) is 11.2 Å². The molecule has 1 heterocycles. The molecule has 17 heavy (non-hydrogen) atoms. The first-order valence-electron chi connectivity index (χ1n) is 5.65. The Kier molecular flexibility index (Phi) is 3.75. The molecule has 0 radical (unpaired) electrons. The van der Waals surface area contributed by atoms with Gasteiger partial charge in [0.1, 0.15) is 0 Å². The van der Waals surface area contributed by atoms with Crippen LogP contribution in [-0.4, -0.2) is 21.0 Å². The maximum absolute atomic E-state index is 10.8. The van der Waals surface area contributed by atoms with Gasteiger partial charge in [-0.05, 0) is 21.2 Å². The van der Waals surface area contributed by atoms with Crippen LogP contribution in [0.5, 0.6) is 0 Å². The zero-order chi connectivity index (χ0) is 13.2. The molecule has 0 aliphatic heterocycles. The van der Waals surface area contributed by atoms with E-state index in [4.69, 9.17) is 0 Å². The topological polar surface area (TPSA) is 73.0 Å². The Labute approximate surface area is 101 Å². The Hall–Kier alpha value is -1.59. The number of nitrogens with one attached hydrogen (secondary N) is 1. The van der Waals surface area contributed by atoms with Crippen molar-refractivity contribution in [1.82, 2.24) is 9.55 Å². The Morgan fingerprint density at radius 3 is 2.65 bits per heavy atom. The van der Waals surface area contributed by atoms with Gasteiger partial charge in [0.2, 0.25) is 12.1 Å². The van der Waals surface area contributed by atoms with Crippen molar-refractivity contribution in [3.8, 4) is 0 Å². The lowest BCUT2D eigenvalue weighted by Gasteiger charge is -2.29. The third kappa shape index (κ3) is 2.95. The molecular weight excluding hydrogens is 220 g/mol. The van der Waals surface area contributed by atoms with E-state index >= 15 is 0 Å². The minimum absolute atomic E-state index is 0.0676. The number of aryl methyl sites for hydroxylation is 1. The molecule has 0 saturated carbocycles. The molecule has 0 aromatic carbocycles. The second-order valence-electron chi connectivity index (χ2n) is 5.28. The van der Waals surface area contributed by atoms with Crippen LogP contribution in [-0.2, 0) is 7.05 Å². The predicted octanol–water partition coefficient (Wildman–Crippen LogP) is 2.42. The molecule has 6 heteroatoms. The van der Waals surface area contributed by atoms with E-state index < -0.39 is 4.92 Å². The summed E-state index contributed by atoms with van der Waals surface area (Å²) < 4.78 is 1.63. The minimum Gasteiger partial charge on any atom is -0.364 e. The van der Waals surface area contributed by atoms with E-state index in [1.807, 2.05) is 0 Å². The zero-order valence-electron chi connectivity index (χ0n) is 11.0. The van der Waals surface area contributed by atoms with E-state index in [2.05, 4.69) is 38.0 Å². The minimum atomic E-state index is -0.468. The second-order valence-corrected chi connectivity index (χ2v) is 5.28. The van der Waals surface area contributed by atoms with Crippen molar-refractivity contribution >= 4 is 11.6 Å². The molecular formula is C11H20N4O2. The lowest BCUT2D eigenvalue weighted by molar-refractivity contribution is -0.388. The highest BCUT2D eigenvalue weighted by Crippen LogP contribution is 2.28. The largest absolute Gasteiger partial charge is 0.406 e. The highest BCUT2D eigenvalue weighted by atomic mass is 16.6. The first-order valence-corrected chi connectivity index (χ1v) is 5.65. The summed E-state index contributed by atoms with van der Waals surface area (Å²) >= 11 is 0. The summed E-state index contributed by atoms with van der Waals surface area (Å²) in [4.78, 5) is 14.1. The summed E-state index contributed by atoms with van der Waals surface area (Å²) in [6, 6.07) is 0. The Morgan fingerprint density at radius 2 is 2.18 bits per heavy atom. The molecule has 1 aromatic heterocycles. The van der Waals surface area contributed by atoms with Crippen LogP contribution >= 0.6 is 0 Å². The first-order chi connectivity index (χ1) is 7.75. The summed E-state index contributed by atoms with van der Waals surface area (Å²) in [5, 5.41) is 13.9. The molecule has 0 saturated heterocycles. The monoisotopic (exact) mass is 240 g/mol. The van der Waals surface area contributed by atoms with Gasteiger partial charge in [0.05, 0.1) is 0 Å². The molecule has 0 aliphatic carbocycles. The maximum Gasteiger partial charge on any atom is 0.406 e. The van der Waals surface area contributed by atoms with Crippen molar-refractivity contribution in [2.24, 2.45) is 18.4 Å². The molecule has 0 bridgehead atoms. The van der Waals surface area contributed by atoms with E-state index in [0.29, 0.717) is 18.3 Å². The average Bonchev–Trinajstić information content (AvgIpc) is 2.56. The van der Waals surface area contributed by atoms with Gasteiger partial charge in [-0.15, -0.1) is 0 Å². The standard InChI is InChI=1S/C11H20N4O2/c1-8(2)11(3,4)6-12-9-10(15(16)17)13-7-14(9)5/h7-8,12H,6H2,1-5H3. The lowest BCUT2D eigenvalue weighted by atomic mass is 9.81. The predicted molar refractivity (Wildman–Crippen MR) is 67.0 cm³/mol. The van der Waals surface area contributed by atoms with Crippen molar-refractivity contribution in [3.05, 3.63) is 16.4 Å². The quantitative estimate of drug-likeness (QED) is 0.633. The normalized spacial score (nSPS) is 11.9. The lowest BCUT2D eigenvalue weighted by Crippen LogP contribution is -2.29. The van der Waals surface area contributed by atoms with Gasteiger partial charge in [0.15, 0.2) is 0 Å². The average molecular weight is 240 g/mol. The van der Waals surface area contributed by atoms with Crippen molar-refractivity contribution in [2.45, 2.75) is 27.7 Å². The third-order valence-electron chi connectivity index (χ3n) is 3.37. The van der Waals surface area contributed by atoms with E-state index in [0.717, 1.165) is 0 Å². The van der Waals surface area contributed by atoms with E-state index in [1.54, 1.807) is 11.6 Å². The number of hydrogen-bond acceptors (Lipinski definition) is 4. The number of nitrogens with zero attached hydrogens (tertiary/aromatic N) is 3. The number of nitro groups is 1. The summed E-state index contributed by atoms with van der Waals surface area (Å²) in [6.07, 6.45) is 1.45. The summed E-state index contributed by atoms with van der Waals surface area (Å²) in [6.45, 7) is 9.21. The fourth-order valence-corrected chi connectivity index (χ4v) is 1.27. The molecule has 0 fully saturated rings. The van der Waals surface area contributed by atoms with Crippen LogP contribution in [0.15, 0.2) is 6.33 Å². The van der Waals surface area contributed by atoms with Gasteiger partial charge in [0.25, 0.3) is 0 Å². The second kappa shape index (κ2) is 4.73. The molecule has 1 N–H and O–H groups in total. The molecule has 6 nitrogen and oxygen atoms in total. The van der Waals surface area contributed by atoms with Gasteiger partial charge in [-0.1, -0.05) is 27.7 Å². The summed E-state index contributed by atoms with van der Waals surface area (Å²) in [5.74, 6) is 0.832. The SMILES string of the molecule is CC(C)C(C)(C)CNc1c([N+](=O)[O-])ncn1C. The third-order valence-corrected chi connectivity index (χ3v) is 3.37. The van der Waals surface area contributed by atoms with Crippen LogP contribution < -0.4 is 5.32 Å². The summed E-state index contributed by atoms with van der Waals surface area (Å²) in [7, 11) is 1.74. The first kappa shape index (κ1) is 13.5. The molecule has 1 rings (SSSR count). The number of rotatable bonds is 5. The number of hydrogen-bond donors (Lipinski definition) is 1. The molecule has 0 unspecified atom stereocenters. The van der Waals surface area contributed by atoms with Crippen LogP contribution in [0.3, 0.4) is 0 Å². The molecule has 96 valence electrons. The van der Waals surface area contributed by atoms with Gasteiger partial charge in [-0.25, -0.2) is 0 Å². The van der Waals surface area contributed by atoms with E-state index in [1.165, 1.54) is 6.33 Å². The summed E-state index contributed by atoms with van der Waals surface area (Å²) in [5.41, 5.74) is 0.0676. The van der Waals surface area contributed by atoms with Crippen molar-refractivity contribution in [2.75, 3.05) is 11.9 Å². The molecule has 0 atom stereocenters. The van der Waals surface area contributed by atoms with Crippen LogP contribution in [0.1, 0.15) is 27.7 Å². The fourth-order valence-electron chi connectivity index (χ4n) is 1.27. The van der Waals surface area contributed by atoms with Crippen LogP contribution in [0, 0.1) is 21.4 Å². The van der Waals surface area contributed by atoms with Crippen LogP contribution in [0.25, 0.3) is 0 Å². The van der Waals surface area contributed by atoms with Crippen LogP contribution in [0.4, 0.5) is 11.6 Å². The van der Waals surface area contributed by atoms with Gasteiger partial charge in [0, 0.05) is 13.6 Å². The number of anilines is 1. The van der Waals surface area contributed by atoms with Gasteiger partial charge in [-0.3, -0.25) is 4.57 Å². The Balaban J connectivity index is 2.82. The van der Waals surface area contributed by atoms with Gasteiger partial charge >= 0.3 is 5.82 Å². The van der Waals surface area contributed by atoms with Crippen LogP contribution in [0.2, 0.25) is 0 Å². The number of aromatic nitrogens is 2. The molecule has 0 amide bonds. The van der Waals surface area contributed by atoms with Crippen molar-refractivity contribution in [1.29, 1.82) is 0 Å². The Morgan fingerprint density at radius 1 is 1.59 bits per heavy atom. The smallest absolute Gasteiger partial charge is 0.364 e. The zero-order valence-corrected chi connectivity index (χ0v) is 11.0. The fraction of sp³-hybridized carbons (Fsp3) is 0.727. The highest BCUT2D eigenvalue weighted by molar-refractivity contribution is 5.52. The van der Waals surface area contributed by atoms with Crippen molar-refractivity contribution < 1.29 is 4.92 Å². The number of imidazole rings is 1. The molecule has 1 aromatic rings. The molecule has 0 spiro atoms. The highest BCUT2D eigenvalue weighted by Gasteiger charge is 2.25. The van der Waals surface area contributed by atoms with E-state index in [9.17, 15) is 10.1 Å². The Bertz CT molecular complexity index is 410. The maximum atomic E-state index is 10.8. The van der Waals surface area contributed by atoms with Crippen molar-refractivity contribution in [3.63, 3.8) is 0 Å². The molecule has 0 aliphatic rings.